The summed E-state index contributed by atoms with van der Waals surface area (Å²) in [6, 6.07) is 21.7. The number of nitrogens with one attached hydrogen (secondary N) is 1. The van der Waals surface area contributed by atoms with E-state index in [2.05, 4.69) is 15.5 Å². The van der Waals surface area contributed by atoms with Crippen LogP contribution in [0.2, 0.25) is 0 Å². The Kier molecular flexibility index (Phi) is 5.88. The maximum atomic E-state index is 12.5. The van der Waals surface area contributed by atoms with Crippen molar-refractivity contribution in [2.75, 3.05) is 17.9 Å². The fourth-order valence-electron chi connectivity index (χ4n) is 3.44. The molecular formula is C24H19N5O4S. The van der Waals surface area contributed by atoms with Crippen LogP contribution in [0.5, 0.6) is 11.5 Å². The third-order valence-corrected chi connectivity index (χ3v) is 5.99. The van der Waals surface area contributed by atoms with E-state index in [9.17, 15) is 9.59 Å². The Labute approximate surface area is 198 Å². The molecule has 0 saturated carbocycles. The molecule has 3 N–H and O–H groups in total. The van der Waals surface area contributed by atoms with Gasteiger partial charge in [0.15, 0.2) is 22.5 Å². The second-order valence-corrected chi connectivity index (χ2v) is 8.27. The van der Waals surface area contributed by atoms with E-state index in [1.54, 1.807) is 24.3 Å². The minimum Gasteiger partial charge on any atom is -0.454 e. The van der Waals surface area contributed by atoms with E-state index < -0.39 is 5.91 Å². The Bertz CT molecular complexity index is 1360. The van der Waals surface area contributed by atoms with Crippen LogP contribution in [0.1, 0.15) is 10.4 Å². The number of ether oxygens (including phenoxy) is 2. The van der Waals surface area contributed by atoms with Crippen molar-refractivity contribution in [3.8, 4) is 28.6 Å². The topological polar surface area (TPSA) is 121 Å². The van der Waals surface area contributed by atoms with E-state index in [1.807, 2.05) is 53.1 Å². The van der Waals surface area contributed by atoms with E-state index in [0.29, 0.717) is 33.7 Å². The average molecular weight is 474 g/mol. The van der Waals surface area contributed by atoms with Crippen molar-refractivity contribution in [1.82, 2.24) is 14.8 Å². The van der Waals surface area contributed by atoms with E-state index in [0.717, 1.165) is 11.3 Å². The van der Waals surface area contributed by atoms with Gasteiger partial charge in [-0.3, -0.25) is 14.2 Å². The van der Waals surface area contributed by atoms with Gasteiger partial charge >= 0.3 is 0 Å². The average Bonchev–Trinajstić information content (AvgIpc) is 3.50. The SMILES string of the molecule is NC(=O)c1ccc(NC(=O)CSc2nnc(-c3ccc4c(c3)OCO4)n2-c2ccccc2)cc1. The van der Waals surface area contributed by atoms with Gasteiger partial charge in [0.05, 0.1) is 5.75 Å². The summed E-state index contributed by atoms with van der Waals surface area (Å²) in [6.45, 7) is 0.186. The highest BCUT2D eigenvalue weighted by Gasteiger charge is 2.20. The Morgan fingerprint density at radius 3 is 2.50 bits per heavy atom. The van der Waals surface area contributed by atoms with Gasteiger partial charge in [-0.1, -0.05) is 30.0 Å². The molecule has 0 saturated heterocycles. The van der Waals surface area contributed by atoms with Gasteiger partial charge in [-0.05, 0) is 54.6 Å². The van der Waals surface area contributed by atoms with Crippen molar-refractivity contribution in [1.29, 1.82) is 0 Å². The number of hydrogen-bond donors (Lipinski definition) is 2. The van der Waals surface area contributed by atoms with Crippen LogP contribution >= 0.6 is 11.8 Å². The third kappa shape index (κ3) is 4.44. The maximum absolute atomic E-state index is 12.5. The number of nitrogens with two attached hydrogens (primary N) is 1. The number of thioether (sulfide) groups is 1. The summed E-state index contributed by atoms with van der Waals surface area (Å²) in [7, 11) is 0. The molecule has 0 bridgehead atoms. The zero-order valence-electron chi connectivity index (χ0n) is 17.8. The summed E-state index contributed by atoms with van der Waals surface area (Å²) >= 11 is 1.27. The summed E-state index contributed by atoms with van der Waals surface area (Å²) in [5.74, 6) is 1.33. The normalized spacial score (nSPS) is 11.9. The second kappa shape index (κ2) is 9.28. The van der Waals surface area contributed by atoms with Crippen molar-refractivity contribution in [3.05, 3.63) is 78.4 Å². The summed E-state index contributed by atoms with van der Waals surface area (Å²) in [5.41, 5.74) is 7.87. The summed E-state index contributed by atoms with van der Waals surface area (Å²) in [6.07, 6.45) is 0. The summed E-state index contributed by atoms with van der Waals surface area (Å²) in [5, 5.41) is 12.1. The van der Waals surface area contributed by atoms with E-state index >= 15 is 0 Å². The monoisotopic (exact) mass is 473 g/mol. The van der Waals surface area contributed by atoms with Crippen LogP contribution in [0.15, 0.2) is 78.0 Å². The van der Waals surface area contributed by atoms with Crippen LogP contribution in [-0.2, 0) is 4.79 Å². The molecule has 5 rings (SSSR count). The number of aromatic nitrogens is 3. The van der Waals surface area contributed by atoms with Gasteiger partial charge in [0.1, 0.15) is 0 Å². The Balaban J connectivity index is 1.37. The van der Waals surface area contributed by atoms with Crippen LogP contribution < -0.4 is 20.5 Å². The number of carbonyl (C=O) groups excluding carboxylic acids is 2. The Morgan fingerprint density at radius 1 is 0.971 bits per heavy atom. The van der Waals surface area contributed by atoms with E-state index in [4.69, 9.17) is 15.2 Å². The van der Waals surface area contributed by atoms with Gasteiger partial charge in [0, 0.05) is 22.5 Å². The number of carbonyl (C=O) groups is 2. The smallest absolute Gasteiger partial charge is 0.248 e. The third-order valence-electron chi connectivity index (χ3n) is 5.06. The molecule has 4 aromatic rings. The fourth-order valence-corrected chi connectivity index (χ4v) is 4.19. The summed E-state index contributed by atoms with van der Waals surface area (Å²) in [4.78, 5) is 23.8. The van der Waals surface area contributed by atoms with Gasteiger partial charge in [0.2, 0.25) is 18.6 Å². The number of benzene rings is 3. The quantitative estimate of drug-likeness (QED) is 0.394. The number of primary amides is 1. The molecule has 0 spiro atoms. The molecule has 10 heteroatoms. The van der Waals surface area contributed by atoms with Crippen LogP contribution in [0, 0.1) is 0 Å². The van der Waals surface area contributed by atoms with Gasteiger partial charge in [-0.2, -0.15) is 0 Å². The second-order valence-electron chi connectivity index (χ2n) is 7.32. The number of nitrogens with zero attached hydrogens (tertiary/aromatic N) is 3. The van der Waals surface area contributed by atoms with Crippen molar-refractivity contribution >= 4 is 29.3 Å². The number of amides is 2. The van der Waals surface area contributed by atoms with Gasteiger partial charge < -0.3 is 20.5 Å². The number of anilines is 1. The first-order valence-electron chi connectivity index (χ1n) is 10.3. The number of rotatable bonds is 7. The van der Waals surface area contributed by atoms with Crippen molar-refractivity contribution < 1.29 is 19.1 Å². The molecule has 0 aliphatic carbocycles. The van der Waals surface area contributed by atoms with Crippen LogP contribution in [-0.4, -0.2) is 39.1 Å². The molecule has 170 valence electrons. The van der Waals surface area contributed by atoms with E-state index in [1.165, 1.54) is 11.8 Å². The highest BCUT2D eigenvalue weighted by atomic mass is 32.2. The number of fused-ring (bicyclic) bond motifs is 1. The minimum atomic E-state index is -0.521. The molecular weight excluding hydrogens is 454 g/mol. The maximum Gasteiger partial charge on any atom is 0.248 e. The number of hydrogen-bond acceptors (Lipinski definition) is 7. The molecule has 34 heavy (non-hydrogen) atoms. The molecule has 2 amide bonds. The molecule has 0 radical (unpaired) electrons. The lowest BCUT2D eigenvalue weighted by atomic mass is 10.2. The molecule has 1 aliphatic rings. The predicted octanol–water partition coefficient (Wildman–Crippen LogP) is 3.49. The van der Waals surface area contributed by atoms with Gasteiger partial charge in [0.25, 0.3) is 0 Å². The molecule has 1 aliphatic heterocycles. The lowest BCUT2D eigenvalue weighted by Crippen LogP contribution is -2.15. The standard InChI is InChI=1S/C24H19N5O4S/c25-22(31)15-6-9-17(10-7-15)26-21(30)13-34-24-28-27-23(29(24)18-4-2-1-3-5-18)16-8-11-19-20(12-16)33-14-32-19/h1-12H,13-14H2,(H2,25,31)(H,26,30). The van der Waals surface area contributed by atoms with Crippen LogP contribution in [0.4, 0.5) is 5.69 Å². The van der Waals surface area contributed by atoms with Crippen molar-refractivity contribution in [3.63, 3.8) is 0 Å². The molecule has 2 heterocycles. The van der Waals surface area contributed by atoms with Crippen LogP contribution in [0.25, 0.3) is 17.1 Å². The molecule has 0 unspecified atom stereocenters. The lowest BCUT2D eigenvalue weighted by molar-refractivity contribution is -0.113. The Hall–Kier alpha value is -4.31. The highest BCUT2D eigenvalue weighted by molar-refractivity contribution is 7.99. The van der Waals surface area contributed by atoms with Gasteiger partial charge in [-0.25, -0.2) is 0 Å². The highest BCUT2D eigenvalue weighted by Crippen LogP contribution is 2.37. The Morgan fingerprint density at radius 2 is 1.74 bits per heavy atom. The number of para-hydroxylation sites is 1. The molecule has 0 fully saturated rings. The molecule has 1 aromatic heterocycles. The zero-order valence-corrected chi connectivity index (χ0v) is 18.6. The first kappa shape index (κ1) is 21.5. The van der Waals surface area contributed by atoms with Gasteiger partial charge in [-0.15, -0.1) is 10.2 Å². The largest absolute Gasteiger partial charge is 0.454 e. The fraction of sp³-hybridized carbons (Fsp3) is 0.0833. The summed E-state index contributed by atoms with van der Waals surface area (Å²) < 4.78 is 12.8. The zero-order chi connectivity index (χ0) is 23.5. The predicted molar refractivity (Wildman–Crippen MR) is 127 cm³/mol. The minimum absolute atomic E-state index is 0.115. The molecule has 3 aromatic carbocycles. The lowest BCUT2D eigenvalue weighted by Gasteiger charge is -2.11. The molecule has 9 nitrogen and oxygen atoms in total. The molecule has 0 atom stereocenters. The van der Waals surface area contributed by atoms with Crippen LogP contribution in [0.3, 0.4) is 0 Å². The first-order chi connectivity index (χ1) is 16.6. The first-order valence-corrected chi connectivity index (χ1v) is 11.3. The van der Waals surface area contributed by atoms with Crippen molar-refractivity contribution in [2.45, 2.75) is 5.16 Å². The van der Waals surface area contributed by atoms with Crippen molar-refractivity contribution in [2.24, 2.45) is 5.73 Å². The van der Waals surface area contributed by atoms with E-state index in [-0.39, 0.29) is 18.5 Å².